The lowest BCUT2D eigenvalue weighted by molar-refractivity contribution is -0.136. The molecule has 0 fully saturated rings. The van der Waals surface area contributed by atoms with Crippen LogP contribution in [0.2, 0.25) is 0 Å². The number of allylic oxidation sites excluding steroid dienone is 5. The summed E-state index contributed by atoms with van der Waals surface area (Å²) >= 11 is 0. The van der Waals surface area contributed by atoms with Crippen molar-refractivity contribution in [1.82, 2.24) is 0 Å². The summed E-state index contributed by atoms with van der Waals surface area (Å²) in [4.78, 5) is 10.8. The second-order valence-electron chi connectivity index (χ2n) is 5.38. The van der Waals surface area contributed by atoms with Gasteiger partial charge in [0.15, 0.2) is 0 Å². The molecular weight excluding hydrogens is 302 g/mol. The Bertz CT molecular complexity index is 480. The average molecular weight is 338 g/mol. The highest BCUT2D eigenvalue weighted by Gasteiger charge is 2.24. The molecule has 0 amide bonds. The maximum atomic E-state index is 10.8. The van der Waals surface area contributed by atoms with E-state index in [0.717, 1.165) is 5.57 Å². The number of nitrogens with two attached hydrogens (primary N) is 1. The Balaban J connectivity index is 0. The summed E-state index contributed by atoms with van der Waals surface area (Å²) in [6, 6.07) is -0.285. The van der Waals surface area contributed by atoms with Gasteiger partial charge in [-0.05, 0) is 25.3 Å². The number of carbonyl (C=O) groups is 1. The molecule has 2 aliphatic carbocycles. The molecule has 2 rings (SSSR count). The fraction of sp³-hybridized carbons (Fsp3) is 0.550. The molecule has 2 unspecified atom stereocenters. The van der Waals surface area contributed by atoms with Crippen molar-refractivity contribution in [2.24, 2.45) is 11.7 Å². The molecule has 0 saturated carbocycles. The van der Waals surface area contributed by atoms with Gasteiger partial charge in [0.1, 0.15) is 0 Å². The first-order valence-corrected chi connectivity index (χ1v) is 8.61. The van der Waals surface area contributed by atoms with Gasteiger partial charge in [-0.1, -0.05) is 71.1 Å². The van der Waals surface area contributed by atoms with Crippen LogP contribution in [0.3, 0.4) is 0 Å². The highest BCUT2D eigenvalue weighted by atomic mass is 16.5. The summed E-state index contributed by atoms with van der Waals surface area (Å²) in [5.74, 6) is 0.0532. The Morgan fingerprint density at radius 3 is 1.88 bits per heavy atom. The van der Waals surface area contributed by atoms with E-state index >= 15 is 0 Å². The summed E-state index contributed by atoms with van der Waals surface area (Å²) in [5, 5.41) is 9.58. The van der Waals surface area contributed by atoms with E-state index in [1.165, 1.54) is 7.11 Å². The van der Waals surface area contributed by atoms with Crippen molar-refractivity contribution < 1.29 is 14.6 Å². The summed E-state index contributed by atoms with van der Waals surface area (Å²) in [5.41, 5.74) is 6.47. The average Bonchev–Trinajstić information content (AvgIpc) is 3.19. The van der Waals surface area contributed by atoms with Gasteiger partial charge in [-0.25, -0.2) is 4.79 Å². The zero-order chi connectivity index (χ0) is 19.3. The molecule has 0 saturated heterocycles. The van der Waals surface area contributed by atoms with Crippen molar-refractivity contribution >= 4 is 5.97 Å². The summed E-state index contributed by atoms with van der Waals surface area (Å²) in [7, 11) is 1.34. The van der Waals surface area contributed by atoms with Gasteiger partial charge in [-0.2, -0.15) is 0 Å². The fourth-order valence-electron chi connectivity index (χ4n) is 2.16. The molecule has 2 atom stereocenters. The van der Waals surface area contributed by atoms with E-state index in [9.17, 15) is 9.90 Å². The normalized spacial score (nSPS) is 20.4. The molecule has 2 aliphatic rings. The Hall–Kier alpha value is -1.65. The lowest BCUT2D eigenvalue weighted by atomic mass is 9.90. The van der Waals surface area contributed by atoms with Gasteiger partial charge >= 0.3 is 5.97 Å². The molecule has 4 heteroatoms. The van der Waals surface area contributed by atoms with Gasteiger partial charge in [-0.3, -0.25) is 0 Å². The molecule has 0 bridgehead atoms. The van der Waals surface area contributed by atoms with Gasteiger partial charge in [0.25, 0.3) is 0 Å². The van der Waals surface area contributed by atoms with Crippen LogP contribution in [0.5, 0.6) is 0 Å². The quantitative estimate of drug-likeness (QED) is 0.749. The third-order valence-electron chi connectivity index (χ3n) is 3.25. The number of methoxy groups -OCH3 is 1. The minimum Gasteiger partial charge on any atom is -0.466 e. The predicted molar refractivity (Wildman–Crippen MR) is 103 cm³/mol. The Morgan fingerprint density at radius 2 is 1.62 bits per heavy atom. The van der Waals surface area contributed by atoms with Crippen molar-refractivity contribution in [3.8, 4) is 0 Å². The summed E-state index contributed by atoms with van der Waals surface area (Å²) in [6.45, 7) is 13.7. The molecule has 0 heterocycles. The van der Waals surface area contributed by atoms with E-state index in [1.54, 1.807) is 18.2 Å². The van der Waals surface area contributed by atoms with Crippen LogP contribution in [0.25, 0.3) is 0 Å². The molecular formula is C20H35NO3. The predicted octanol–water partition coefficient (Wildman–Crippen LogP) is 3.92. The highest BCUT2D eigenvalue weighted by molar-refractivity contribution is 5.91. The van der Waals surface area contributed by atoms with Crippen LogP contribution in [-0.4, -0.2) is 29.8 Å². The number of rotatable bonds is 2. The minimum absolute atomic E-state index is 0.285. The highest BCUT2D eigenvalue weighted by Crippen LogP contribution is 2.28. The number of hydrogen-bond donors (Lipinski definition) is 2. The largest absolute Gasteiger partial charge is 0.466 e. The van der Waals surface area contributed by atoms with Crippen LogP contribution in [0.1, 0.15) is 48.5 Å². The smallest absolute Gasteiger partial charge is 0.335 e. The third-order valence-corrected chi connectivity index (χ3v) is 3.25. The van der Waals surface area contributed by atoms with Gasteiger partial charge in [0.2, 0.25) is 0 Å². The molecule has 138 valence electrons. The van der Waals surface area contributed by atoms with E-state index in [-0.39, 0.29) is 12.0 Å². The van der Waals surface area contributed by atoms with Crippen LogP contribution < -0.4 is 5.73 Å². The van der Waals surface area contributed by atoms with E-state index in [2.05, 4.69) is 17.7 Å². The van der Waals surface area contributed by atoms with Crippen molar-refractivity contribution in [2.75, 3.05) is 7.11 Å². The minimum atomic E-state index is -0.650. The van der Waals surface area contributed by atoms with Crippen LogP contribution in [0.15, 0.2) is 47.6 Å². The fourth-order valence-corrected chi connectivity index (χ4v) is 2.16. The molecule has 4 nitrogen and oxygen atoms in total. The Morgan fingerprint density at radius 1 is 1.12 bits per heavy atom. The first kappa shape index (κ1) is 24.6. The zero-order valence-electron chi connectivity index (χ0n) is 16.5. The standard InChI is InChI=1S/C9H14O.C7H9NO2.2C2H6/c1-7-5-4-6-8(7)9(2,3)10;1-10-7(9)5-3-2-4-6(5)8;2*1-2/h4-7,10H,1-3H3;2-4,6H,8H2,1H3;2*1-2H3. The molecule has 24 heavy (non-hydrogen) atoms. The Kier molecular flexibility index (Phi) is 13.1. The van der Waals surface area contributed by atoms with Crippen molar-refractivity contribution in [3.05, 3.63) is 47.6 Å². The first-order chi connectivity index (χ1) is 11.3. The topological polar surface area (TPSA) is 72.5 Å². The first-order valence-electron chi connectivity index (χ1n) is 8.61. The zero-order valence-corrected chi connectivity index (χ0v) is 16.5. The molecule has 3 N–H and O–H groups in total. The molecule has 0 aromatic rings. The van der Waals surface area contributed by atoms with E-state index < -0.39 is 5.60 Å². The van der Waals surface area contributed by atoms with E-state index in [4.69, 9.17) is 5.73 Å². The number of hydrogen-bond acceptors (Lipinski definition) is 4. The molecule has 0 radical (unpaired) electrons. The van der Waals surface area contributed by atoms with Gasteiger partial charge < -0.3 is 15.6 Å². The Labute approximate surface area is 147 Å². The lowest BCUT2D eigenvalue weighted by Crippen LogP contribution is -2.24. The number of ether oxygens (including phenoxy) is 1. The van der Waals surface area contributed by atoms with Crippen molar-refractivity contribution in [2.45, 2.75) is 60.1 Å². The van der Waals surface area contributed by atoms with Crippen molar-refractivity contribution in [1.29, 1.82) is 0 Å². The molecule has 0 aromatic carbocycles. The van der Waals surface area contributed by atoms with Crippen LogP contribution in [0, 0.1) is 5.92 Å². The van der Waals surface area contributed by atoms with Gasteiger partial charge in [0.05, 0.1) is 24.3 Å². The van der Waals surface area contributed by atoms with Gasteiger partial charge in [-0.15, -0.1) is 0 Å². The second-order valence-corrected chi connectivity index (χ2v) is 5.38. The maximum absolute atomic E-state index is 10.8. The SMILES string of the molecule is CC.CC.CC1C=CC=C1C(C)(C)O.COC(=O)C1=CC=CC1N. The third kappa shape index (κ3) is 8.27. The van der Waals surface area contributed by atoms with E-state index in [1.807, 2.05) is 53.7 Å². The van der Waals surface area contributed by atoms with Crippen molar-refractivity contribution in [3.63, 3.8) is 0 Å². The number of esters is 1. The monoisotopic (exact) mass is 337 g/mol. The van der Waals surface area contributed by atoms with E-state index in [0.29, 0.717) is 11.5 Å². The number of aliphatic hydroxyl groups is 1. The maximum Gasteiger partial charge on any atom is 0.335 e. The summed E-state index contributed by atoms with van der Waals surface area (Å²) < 4.78 is 4.48. The second kappa shape index (κ2) is 12.7. The molecule has 0 spiro atoms. The van der Waals surface area contributed by atoms with Gasteiger partial charge in [0, 0.05) is 0 Å². The number of carbonyl (C=O) groups excluding carboxylic acids is 1. The molecule has 0 aliphatic heterocycles. The van der Waals surface area contributed by atoms with Crippen LogP contribution in [-0.2, 0) is 9.53 Å². The lowest BCUT2D eigenvalue weighted by Gasteiger charge is -2.22. The van der Waals surface area contributed by atoms with Crippen LogP contribution in [0.4, 0.5) is 0 Å². The van der Waals surface area contributed by atoms with Crippen LogP contribution >= 0.6 is 0 Å². The molecule has 0 aromatic heterocycles. The summed E-state index contributed by atoms with van der Waals surface area (Å²) in [6.07, 6.45) is 11.2.